The van der Waals surface area contributed by atoms with Gasteiger partial charge >= 0.3 is 5.97 Å². The maximum absolute atomic E-state index is 11.7. The molecule has 17 heavy (non-hydrogen) atoms. The molecule has 0 spiro atoms. The molecule has 1 rings (SSSR count). The lowest BCUT2D eigenvalue weighted by Gasteiger charge is -2.08. The van der Waals surface area contributed by atoms with Crippen LogP contribution >= 0.6 is 0 Å². The Morgan fingerprint density at radius 1 is 1.35 bits per heavy atom. The molecular weight excluding hydrogens is 220 g/mol. The highest BCUT2D eigenvalue weighted by molar-refractivity contribution is 5.92. The van der Waals surface area contributed by atoms with E-state index >= 15 is 0 Å². The number of ether oxygens (including phenoxy) is 1. The predicted octanol–water partition coefficient (Wildman–Crippen LogP) is 2.79. The smallest absolute Gasteiger partial charge is 0.376 e. The summed E-state index contributed by atoms with van der Waals surface area (Å²) in [6.07, 6.45) is 1.49. The molecule has 1 radical (unpaired) electrons. The van der Waals surface area contributed by atoms with Crippen molar-refractivity contribution in [2.75, 3.05) is 13.2 Å². The summed E-state index contributed by atoms with van der Waals surface area (Å²) in [6, 6.07) is 6.90. The molecule has 4 heteroatoms. The molecule has 0 saturated carbocycles. The molecule has 0 saturated heterocycles. The second kappa shape index (κ2) is 7.68. The SMILES string of the molecule is [CH2]CCCOOC(=O)c1ccccc1OCC. The molecule has 0 aliphatic rings. The quantitative estimate of drug-likeness (QED) is 0.415. The number of carbonyl (C=O) groups is 1. The highest BCUT2D eigenvalue weighted by atomic mass is 17.2. The van der Waals surface area contributed by atoms with Gasteiger partial charge in [-0.3, -0.25) is 4.89 Å². The Kier molecular flexibility index (Phi) is 6.10. The number of hydrogen-bond acceptors (Lipinski definition) is 4. The van der Waals surface area contributed by atoms with Gasteiger partial charge in [0.15, 0.2) is 0 Å². The standard InChI is InChI=1S/C13H17O4/c1-3-5-10-16-17-13(14)11-8-6-7-9-12(11)15-4-2/h6-9H,1,3-5,10H2,2H3. The first-order valence-corrected chi connectivity index (χ1v) is 5.64. The first kappa shape index (κ1) is 13.5. The van der Waals surface area contributed by atoms with Crippen LogP contribution in [0.2, 0.25) is 0 Å². The van der Waals surface area contributed by atoms with E-state index in [-0.39, 0.29) is 0 Å². The average molecular weight is 237 g/mol. The van der Waals surface area contributed by atoms with Crippen LogP contribution in [0.15, 0.2) is 24.3 Å². The molecule has 0 fully saturated rings. The first-order chi connectivity index (χ1) is 8.29. The van der Waals surface area contributed by atoms with Gasteiger partial charge in [0.2, 0.25) is 0 Å². The summed E-state index contributed by atoms with van der Waals surface area (Å²) in [4.78, 5) is 21.1. The summed E-state index contributed by atoms with van der Waals surface area (Å²) < 4.78 is 5.32. The summed E-state index contributed by atoms with van der Waals surface area (Å²) >= 11 is 0. The van der Waals surface area contributed by atoms with Gasteiger partial charge in [0.05, 0.1) is 13.2 Å². The van der Waals surface area contributed by atoms with E-state index in [1.165, 1.54) is 0 Å². The second-order valence-corrected chi connectivity index (χ2v) is 3.33. The van der Waals surface area contributed by atoms with Gasteiger partial charge in [-0.05, 0) is 25.5 Å². The first-order valence-electron chi connectivity index (χ1n) is 5.64. The number of rotatable bonds is 7. The molecule has 0 unspecified atom stereocenters. The van der Waals surface area contributed by atoms with Crippen molar-refractivity contribution in [2.24, 2.45) is 0 Å². The Hall–Kier alpha value is -1.55. The van der Waals surface area contributed by atoms with E-state index in [2.05, 4.69) is 11.8 Å². The van der Waals surface area contributed by atoms with Crippen molar-refractivity contribution in [3.05, 3.63) is 36.8 Å². The van der Waals surface area contributed by atoms with Crippen LogP contribution in [0.1, 0.15) is 30.1 Å². The third-order valence-corrected chi connectivity index (χ3v) is 2.02. The number of para-hydroxylation sites is 1. The third kappa shape index (κ3) is 4.44. The molecule has 0 heterocycles. The Morgan fingerprint density at radius 2 is 2.12 bits per heavy atom. The summed E-state index contributed by atoms with van der Waals surface area (Å²) in [6.45, 7) is 6.36. The van der Waals surface area contributed by atoms with Gasteiger partial charge in [-0.2, -0.15) is 4.89 Å². The Labute approximate surface area is 101 Å². The zero-order valence-corrected chi connectivity index (χ0v) is 9.98. The fourth-order valence-electron chi connectivity index (χ4n) is 1.22. The summed E-state index contributed by atoms with van der Waals surface area (Å²) in [5.41, 5.74) is 0.365. The van der Waals surface area contributed by atoms with E-state index in [1.807, 2.05) is 6.92 Å². The predicted molar refractivity (Wildman–Crippen MR) is 63.6 cm³/mol. The van der Waals surface area contributed by atoms with Crippen molar-refractivity contribution >= 4 is 5.97 Å². The van der Waals surface area contributed by atoms with Crippen molar-refractivity contribution < 1.29 is 19.3 Å². The van der Waals surface area contributed by atoms with Crippen LogP contribution in [0.5, 0.6) is 5.75 Å². The van der Waals surface area contributed by atoms with Crippen LogP contribution in [0.25, 0.3) is 0 Å². The van der Waals surface area contributed by atoms with Gasteiger partial charge in [0, 0.05) is 0 Å². The minimum absolute atomic E-state index is 0.353. The summed E-state index contributed by atoms with van der Waals surface area (Å²) in [5, 5.41) is 0. The molecule has 0 aromatic heterocycles. The Morgan fingerprint density at radius 3 is 2.82 bits per heavy atom. The van der Waals surface area contributed by atoms with E-state index in [4.69, 9.17) is 9.62 Å². The van der Waals surface area contributed by atoms with E-state index in [0.29, 0.717) is 24.5 Å². The molecule has 93 valence electrons. The zero-order valence-electron chi connectivity index (χ0n) is 9.98. The van der Waals surface area contributed by atoms with Crippen molar-refractivity contribution in [1.29, 1.82) is 0 Å². The Balaban J connectivity index is 2.55. The van der Waals surface area contributed by atoms with E-state index in [0.717, 1.165) is 12.8 Å². The lowest BCUT2D eigenvalue weighted by molar-refractivity contribution is -0.241. The van der Waals surface area contributed by atoms with Crippen LogP contribution in [-0.2, 0) is 9.78 Å². The van der Waals surface area contributed by atoms with Crippen LogP contribution in [0.3, 0.4) is 0 Å². The molecule has 0 atom stereocenters. The molecule has 0 aliphatic carbocycles. The molecule has 4 nitrogen and oxygen atoms in total. The highest BCUT2D eigenvalue weighted by Crippen LogP contribution is 2.18. The second-order valence-electron chi connectivity index (χ2n) is 3.33. The highest BCUT2D eigenvalue weighted by Gasteiger charge is 2.14. The van der Waals surface area contributed by atoms with Gasteiger partial charge in [0.25, 0.3) is 0 Å². The topological polar surface area (TPSA) is 44.8 Å². The van der Waals surface area contributed by atoms with Gasteiger partial charge in [0.1, 0.15) is 11.3 Å². The Bertz CT molecular complexity index is 349. The van der Waals surface area contributed by atoms with Gasteiger partial charge < -0.3 is 4.74 Å². The lowest BCUT2D eigenvalue weighted by Crippen LogP contribution is -2.09. The van der Waals surface area contributed by atoms with Crippen LogP contribution in [-0.4, -0.2) is 19.2 Å². The minimum atomic E-state index is -0.543. The van der Waals surface area contributed by atoms with E-state index in [1.54, 1.807) is 24.3 Å². The van der Waals surface area contributed by atoms with Crippen molar-refractivity contribution in [1.82, 2.24) is 0 Å². The molecule has 0 bridgehead atoms. The fraction of sp³-hybridized carbons (Fsp3) is 0.385. The number of carbonyl (C=O) groups excluding carboxylic acids is 1. The summed E-state index contributed by atoms with van der Waals surface area (Å²) in [5.74, 6) is -0.0427. The van der Waals surface area contributed by atoms with Gasteiger partial charge in [-0.1, -0.05) is 25.5 Å². The minimum Gasteiger partial charge on any atom is -0.493 e. The van der Waals surface area contributed by atoms with Crippen LogP contribution in [0, 0.1) is 6.92 Å². The summed E-state index contributed by atoms with van der Waals surface area (Å²) in [7, 11) is 0. The maximum Gasteiger partial charge on any atom is 0.376 e. The van der Waals surface area contributed by atoms with Crippen molar-refractivity contribution in [3.63, 3.8) is 0 Å². The largest absolute Gasteiger partial charge is 0.493 e. The molecule has 1 aromatic carbocycles. The normalized spacial score (nSPS) is 10.0. The van der Waals surface area contributed by atoms with Crippen LogP contribution in [0.4, 0.5) is 0 Å². The number of unbranched alkanes of at least 4 members (excludes halogenated alkanes) is 1. The molecule has 0 aliphatic heterocycles. The monoisotopic (exact) mass is 237 g/mol. The maximum atomic E-state index is 11.7. The van der Waals surface area contributed by atoms with Gasteiger partial charge in [-0.15, -0.1) is 0 Å². The molecule has 1 aromatic rings. The third-order valence-electron chi connectivity index (χ3n) is 2.02. The number of benzene rings is 1. The zero-order chi connectivity index (χ0) is 12.5. The van der Waals surface area contributed by atoms with Crippen LogP contribution < -0.4 is 4.74 Å². The lowest BCUT2D eigenvalue weighted by atomic mass is 10.2. The fourth-order valence-corrected chi connectivity index (χ4v) is 1.22. The van der Waals surface area contributed by atoms with Crippen molar-refractivity contribution in [3.8, 4) is 5.75 Å². The average Bonchev–Trinajstić information content (AvgIpc) is 2.35. The van der Waals surface area contributed by atoms with Crippen molar-refractivity contribution in [2.45, 2.75) is 19.8 Å². The molecule has 0 amide bonds. The molecule has 0 N–H and O–H groups in total. The van der Waals surface area contributed by atoms with E-state index < -0.39 is 5.97 Å². The number of hydrogen-bond donors (Lipinski definition) is 0. The van der Waals surface area contributed by atoms with Gasteiger partial charge in [-0.25, -0.2) is 4.79 Å². The van der Waals surface area contributed by atoms with E-state index in [9.17, 15) is 4.79 Å². The molecular formula is C13H17O4.